The molecule has 0 saturated heterocycles. The van der Waals surface area contributed by atoms with Gasteiger partial charge in [0.2, 0.25) is 0 Å². The standard InChI is InChI=1S/C9H8FNO/c1-7(12)4-5-9-8(10)3-2-6-11-9/h2-3,6-7,12H,1H3/t7-/m0/s1. The molecule has 0 saturated carbocycles. The minimum Gasteiger partial charge on any atom is -0.381 e. The van der Waals surface area contributed by atoms with Gasteiger partial charge in [0.15, 0.2) is 5.82 Å². The zero-order chi connectivity index (χ0) is 8.97. The van der Waals surface area contributed by atoms with Gasteiger partial charge in [0.05, 0.1) is 0 Å². The fourth-order valence-electron chi connectivity index (χ4n) is 0.650. The first-order chi connectivity index (χ1) is 5.70. The third-order valence-electron chi connectivity index (χ3n) is 1.16. The van der Waals surface area contributed by atoms with Crippen LogP contribution in [0.25, 0.3) is 0 Å². The van der Waals surface area contributed by atoms with Gasteiger partial charge >= 0.3 is 0 Å². The van der Waals surface area contributed by atoms with Gasteiger partial charge in [-0.05, 0) is 25.0 Å². The van der Waals surface area contributed by atoms with Crippen molar-refractivity contribution in [3.8, 4) is 11.8 Å². The third-order valence-corrected chi connectivity index (χ3v) is 1.16. The van der Waals surface area contributed by atoms with Crippen molar-refractivity contribution in [3.63, 3.8) is 0 Å². The fraction of sp³-hybridized carbons (Fsp3) is 0.222. The Morgan fingerprint density at radius 1 is 1.67 bits per heavy atom. The molecule has 1 aromatic rings. The molecule has 0 spiro atoms. The van der Waals surface area contributed by atoms with E-state index in [4.69, 9.17) is 5.11 Å². The molecule has 0 aromatic carbocycles. The Labute approximate surface area is 70.1 Å². The van der Waals surface area contributed by atoms with Crippen LogP contribution in [0.15, 0.2) is 18.3 Å². The van der Waals surface area contributed by atoms with Gasteiger partial charge < -0.3 is 5.11 Å². The summed E-state index contributed by atoms with van der Waals surface area (Å²) in [6.07, 6.45) is 0.696. The molecule has 2 nitrogen and oxygen atoms in total. The summed E-state index contributed by atoms with van der Waals surface area (Å²) in [4.78, 5) is 3.69. The molecule has 1 rings (SSSR count). The first kappa shape index (κ1) is 8.69. The van der Waals surface area contributed by atoms with Crippen LogP contribution in [0.4, 0.5) is 4.39 Å². The Kier molecular flexibility index (Phi) is 2.78. The fourth-order valence-corrected chi connectivity index (χ4v) is 0.650. The first-order valence-corrected chi connectivity index (χ1v) is 3.50. The average Bonchev–Trinajstić information content (AvgIpc) is 2.03. The Morgan fingerprint density at radius 2 is 2.42 bits per heavy atom. The maximum Gasteiger partial charge on any atom is 0.157 e. The van der Waals surface area contributed by atoms with Gasteiger partial charge in [0, 0.05) is 6.20 Å². The van der Waals surface area contributed by atoms with Gasteiger partial charge in [-0.1, -0.05) is 5.92 Å². The van der Waals surface area contributed by atoms with Crippen molar-refractivity contribution >= 4 is 0 Å². The molecular weight excluding hydrogens is 157 g/mol. The van der Waals surface area contributed by atoms with Crippen LogP contribution in [-0.4, -0.2) is 16.2 Å². The SMILES string of the molecule is C[C@H](O)C#Cc1ncccc1F. The smallest absolute Gasteiger partial charge is 0.157 e. The van der Waals surface area contributed by atoms with E-state index >= 15 is 0 Å². The van der Waals surface area contributed by atoms with Gasteiger partial charge in [-0.25, -0.2) is 9.37 Å². The van der Waals surface area contributed by atoms with Crippen molar-refractivity contribution in [3.05, 3.63) is 29.8 Å². The first-order valence-electron chi connectivity index (χ1n) is 3.50. The zero-order valence-electron chi connectivity index (χ0n) is 6.58. The van der Waals surface area contributed by atoms with Crippen LogP contribution in [0.3, 0.4) is 0 Å². The Balaban J connectivity index is 2.92. The largest absolute Gasteiger partial charge is 0.381 e. The number of nitrogens with zero attached hydrogens (tertiary/aromatic N) is 1. The van der Waals surface area contributed by atoms with Crippen LogP contribution in [0, 0.1) is 17.7 Å². The predicted molar refractivity (Wildman–Crippen MR) is 42.8 cm³/mol. The number of aliphatic hydroxyl groups is 1. The molecule has 0 bridgehead atoms. The molecule has 0 aliphatic carbocycles. The topological polar surface area (TPSA) is 33.1 Å². The van der Waals surface area contributed by atoms with E-state index in [0.717, 1.165) is 0 Å². The lowest BCUT2D eigenvalue weighted by Crippen LogP contribution is -1.94. The van der Waals surface area contributed by atoms with Crippen LogP contribution in [0.5, 0.6) is 0 Å². The van der Waals surface area contributed by atoms with Crippen LogP contribution >= 0.6 is 0 Å². The summed E-state index contributed by atoms with van der Waals surface area (Å²) in [5.41, 5.74) is 0.0680. The quantitative estimate of drug-likeness (QED) is 0.581. The Hall–Kier alpha value is -1.40. The van der Waals surface area contributed by atoms with Crippen molar-refractivity contribution in [2.75, 3.05) is 0 Å². The molecule has 0 aliphatic rings. The number of halogens is 1. The second-order valence-corrected chi connectivity index (χ2v) is 2.28. The molecule has 1 atom stereocenters. The average molecular weight is 165 g/mol. The monoisotopic (exact) mass is 165 g/mol. The molecule has 0 aliphatic heterocycles. The number of pyridine rings is 1. The van der Waals surface area contributed by atoms with Crippen molar-refractivity contribution in [2.45, 2.75) is 13.0 Å². The van der Waals surface area contributed by atoms with Crippen molar-refractivity contribution in [1.82, 2.24) is 4.98 Å². The van der Waals surface area contributed by atoms with E-state index in [2.05, 4.69) is 16.8 Å². The van der Waals surface area contributed by atoms with Crippen LogP contribution < -0.4 is 0 Å². The molecule has 1 N–H and O–H groups in total. The van der Waals surface area contributed by atoms with Crippen molar-refractivity contribution in [2.24, 2.45) is 0 Å². The highest BCUT2D eigenvalue weighted by molar-refractivity contribution is 5.29. The van der Waals surface area contributed by atoms with Gasteiger partial charge in [-0.3, -0.25) is 0 Å². The molecule has 0 amide bonds. The maximum absolute atomic E-state index is 12.8. The summed E-state index contributed by atoms with van der Waals surface area (Å²) in [5.74, 6) is 4.36. The lowest BCUT2D eigenvalue weighted by atomic mass is 10.3. The molecule has 3 heteroatoms. The molecule has 0 radical (unpaired) electrons. The van der Waals surface area contributed by atoms with E-state index in [9.17, 15) is 4.39 Å². The molecular formula is C9H8FNO. The van der Waals surface area contributed by atoms with E-state index in [1.807, 2.05) is 0 Å². The van der Waals surface area contributed by atoms with Crippen molar-refractivity contribution in [1.29, 1.82) is 0 Å². The molecule has 12 heavy (non-hydrogen) atoms. The Morgan fingerprint density at radius 3 is 3.00 bits per heavy atom. The third kappa shape index (κ3) is 2.33. The molecule has 0 unspecified atom stereocenters. The second kappa shape index (κ2) is 3.84. The minimum atomic E-state index is -0.758. The van der Waals surface area contributed by atoms with E-state index < -0.39 is 11.9 Å². The van der Waals surface area contributed by atoms with Gasteiger partial charge in [0.25, 0.3) is 0 Å². The van der Waals surface area contributed by atoms with Gasteiger partial charge in [0.1, 0.15) is 11.8 Å². The number of aromatic nitrogens is 1. The second-order valence-electron chi connectivity index (χ2n) is 2.28. The molecule has 1 heterocycles. The summed E-state index contributed by atoms with van der Waals surface area (Å²) >= 11 is 0. The highest BCUT2D eigenvalue weighted by atomic mass is 19.1. The number of hydrogen-bond acceptors (Lipinski definition) is 2. The van der Waals surface area contributed by atoms with E-state index in [-0.39, 0.29) is 5.69 Å². The van der Waals surface area contributed by atoms with Gasteiger partial charge in [-0.2, -0.15) is 0 Å². The molecule has 62 valence electrons. The summed E-state index contributed by atoms with van der Waals surface area (Å²) in [6.45, 7) is 1.51. The highest BCUT2D eigenvalue weighted by Crippen LogP contribution is 1.99. The minimum absolute atomic E-state index is 0.0680. The zero-order valence-corrected chi connectivity index (χ0v) is 6.58. The lowest BCUT2D eigenvalue weighted by molar-refractivity contribution is 0.253. The number of hydrogen-bond donors (Lipinski definition) is 1. The summed E-state index contributed by atoms with van der Waals surface area (Å²) in [7, 11) is 0. The normalized spacial score (nSPS) is 11.6. The van der Waals surface area contributed by atoms with Crippen LogP contribution in [0.2, 0.25) is 0 Å². The summed E-state index contributed by atoms with van der Waals surface area (Å²) in [5, 5.41) is 8.78. The van der Waals surface area contributed by atoms with E-state index in [1.54, 1.807) is 0 Å². The van der Waals surface area contributed by atoms with E-state index in [1.165, 1.54) is 25.3 Å². The summed E-state index contributed by atoms with van der Waals surface area (Å²) in [6, 6.07) is 2.77. The number of rotatable bonds is 0. The molecule has 1 aromatic heterocycles. The van der Waals surface area contributed by atoms with Crippen LogP contribution in [0.1, 0.15) is 12.6 Å². The highest BCUT2D eigenvalue weighted by Gasteiger charge is 1.96. The summed E-state index contributed by atoms with van der Waals surface area (Å²) < 4.78 is 12.8. The maximum atomic E-state index is 12.8. The lowest BCUT2D eigenvalue weighted by Gasteiger charge is -1.91. The number of aliphatic hydroxyl groups excluding tert-OH is 1. The Bertz CT molecular complexity index is 325. The van der Waals surface area contributed by atoms with Gasteiger partial charge in [-0.15, -0.1) is 0 Å². The predicted octanol–water partition coefficient (Wildman–Crippen LogP) is 0.953. The molecule has 0 fully saturated rings. The van der Waals surface area contributed by atoms with E-state index in [0.29, 0.717) is 0 Å². The van der Waals surface area contributed by atoms with Crippen LogP contribution in [-0.2, 0) is 0 Å². The van der Waals surface area contributed by atoms with Crippen molar-refractivity contribution < 1.29 is 9.50 Å².